The second-order valence-electron chi connectivity index (χ2n) is 9.52. The lowest BCUT2D eigenvalue weighted by atomic mass is 10.00. The van der Waals surface area contributed by atoms with E-state index >= 15 is 0 Å². The predicted molar refractivity (Wildman–Crippen MR) is 159 cm³/mol. The predicted octanol–water partition coefficient (Wildman–Crippen LogP) is 5.26. The molecule has 1 fully saturated rings. The van der Waals surface area contributed by atoms with Crippen LogP contribution in [0.4, 0.5) is 22.7 Å². The van der Waals surface area contributed by atoms with E-state index in [1.807, 2.05) is 60.7 Å². The SMILES string of the molecule is O=C1Nc2ccc(S(=O)(=O)Nc3ccccc3)cc2C1=C(Nc1ccc(N2CCOCC2)cc1)c1ccccc1. The summed E-state index contributed by atoms with van der Waals surface area (Å²) in [5, 5.41) is 6.34. The molecule has 0 saturated carbocycles. The first kappa shape index (κ1) is 25.7. The highest BCUT2D eigenvalue weighted by Crippen LogP contribution is 2.39. The lowest BCUT2D eigenvalue weighted by Gasteiger charge is -2.29. The third kappa shape index (κ3) is 5.29. The van der Waals surface area contributed by atoms with E-state index in [-0.39, 0.29) is 10.8 Å². The number of nitrogens with one attached hydrogen (secondary N) is 3. The van der Waals surface area contributed by atoms with Gasteiger partial charge < -0.3 is 20.3 Å². The van der Waals surface area contributed by atoms with Crippen molar-refractivity contribution in [3.05, 3.63) is 114 Å². The molecule has 202 valence electrons. The Hall–Kier alpha value is -4.60. The van der Waals surface area contributed by atoms with Crippen LogP contribution in [0.2, 0.25) is 0 Å². The van der Waals surface area contributed by atoms with Crippen molar-refractivity contribution in [3.8, 4) is 0 Å². The zero-order valence-corrected chi connectivity index (χ0v) is 22.4. The lowest BCUT2D eigenvalue weighted by molar-refractivity contribution is -0.110. The fourth-order valence-corrected chi connectivity index (χ4v) is 5.97. The van der Waals surface area contributed by atoms with E-state index in [0.29, 0.717) is 41.4 Å². The number of amides is 1. The van der Waals surface area contributed by atoms with Crippen LogP contribution in [0.25, 0.3) is 11.3 Å². The summed E-state index contributed by atoms with van der Waals surface area (Å²) >= 11 is 0. The van der Waals surface area contributed by atoms with Gasteiger partial charge in [0, 0.05) is 41.4 Å². The summed E-state index contributed by atoms with van der Waals surface area (Å²) < 4.78 is 34.5. The summed E-state index contributed by atoms with van der Waals surface area (Å²) in [5.74, 6) is -0.308. The molecule has 6 rings (SSSR count). The monoisotopic (exact) mass is 552 g/mol. The Kier molecular flexibility index (Phi) is 6.98. The maximum absolute atomic E-state index is 13.4. The Morgan fingerprint density at radius 2 is 1.48 bits per heavy atom. The van der Waals surface area contributed by atoms with Gasteiger partial charge in [0.1, 0.15) is 0 Å². The molecule has 0 radical (unpaired) electrons. The number of hydrogen-bond donors (Lipinski definition) is 3. The van der Waals surface area contributed by atoms with Crippen LogP contribution in [0.1, 0.15) is 11.1 Å². The first-order valence-corrected chi connectivity index (χ1v) is 14.5. The number of rotatable bonds is 7. The molecule has 4 aromatic carbocycles. The molecule has 9 heteroatoms. The molecule has 4 aromatic rings. The third-order valence-corrected chi connectivity index (χ3v) is 8.28. The molecule has 1 amide bonds. The number of para-hydroxylation sites is 1. The summed E-state index contributed by atoms with van der Waals surface area (Å²) in [6.07, 6.45) is 0. The van der Waals surface area contributed by atoms with E-state index in [1.54, 1.807) is 36.4 Å². The molecule has 1 saturated heterocycles. The van der Waals surface area contributed by atoms with Gasteiger partial charge in [0.25, 0.3) is 15.9 Å². The van der Waals surface area contributed by atoms with Gasteiger partial charge >= 0.3 is 0 Å². The highest BCUT2D eigenvalue weighted by molar-refractivity contribution is 7.92. The number of morpholine rings is 1. The van der Waals surface area contributed by atoms with E-state index in [2.05, 4.69) is 20.3 Å². The van der Waals surface area contributed by atoms with Crippen molar-refractivity contribution < 1.29 is 17.9 Å². The summed E-state index contributed by atoms with van der Waals surface area (Å²) in [7, 11) is -3.89. The van der Waals surface area contributed by atoms with Gasteiger partial charge in [0.2, 0.25) is 0 Å². The third-order valence-electron chi connectivity index (χ3n) is 6.90. The van der Waals surface area contributed by atoms with Crippen LogP contribution in [-0.4, -0.2) is 40.6 Å². The molecule has 2 aliphatic heterocycles. The number of fused-ring (bicyclic) bond motifs is 1. The highest BCUT2D eigenvalue weighted by Gasteiger charge is 2.30. The highest BCUT2D eigenvalue weighted by atomic mass is 32.2. The van der Waals surface area contributed by atoms with Crippen LogP contribution in [0.5, 0.6) is 0 Å². The Balaban J connectivity index is 1.39. The zero-order chi connectivity index (χ0) is 27.5. The van der Waals surface area contributed by atoms with Gasteiger partial charge in [-0.25, -0.2) is 8.42 Å². The molecular formula is C31H28N4O4S. The topological polar surface area (TPSA) is 99.8 Å². The van der Waals surface area contributed by atoms with Crippen LogP contribution < -0.4 is 20.3 Å². The van der Waals surface area contributed by atoms with E-state index in [0.717, 1.165) is 30.0 Å². The number of anilines is 4. The second-order valence-corrected chi connectivity index (χ2v) is 11.2. The molecule has 0 aromatic heterocycles. The quantitative estimate of drug-likeness (QED) is 0.271. The number of carbonyl (C=O) groups excluding carboxylic acids is 1. The van der Waals surface area contributed by atoms with E-state index in [4.69, 9.17) is 4.74 Å². The normalized spacial score (nSPS) is 16.2. The Labute approximate surface area is 233 Å². The summed E-state index contributed by atoms with van der Waals surface area (Å²) in [6.45, 7) is 3.09. The minimum absolute atomic E-state index is 0.0615. The van der Waals surface area contributed by atoms with Gasteiger partial charge in [0.15, 0.2) is 0 Å². The Bertz CT molecular complexity index is 1670. The number of ether oxygens (including phenoxy) is 1. The van der Waals surface area contributed by atoms with Crippen molar-refractivity contribution in [2.75, 3.05) is 46.6 Å². The minimum atomic E-state index is -3.89. The Morgan fingerprint density at radius 3 is 2.17 bits per heavy atom. The van der Waals surface area contributed by atoms with E-state index < -0.39 is 10.0 Å². The molecule has 0 bridgehead atoms. The maximum atomic E-state index is 13.4. The summed E-state index contributed by atoms with van der Waals surface area (Å²) in [6, 6.07) is 31.0. The molecular weight excluding hydrogens is 524 g/mol. The molecule has 0 spiro atoms. The van der Waals surface area contributed by atoms with Gasteiger partial charge in [-0.2, -0.15) is 0 Å². The average Bonchev–Trinajstić information content (AvgIpc) is 3.32. The van der Waals surface area contributed by atoms with Crippen molar-refractivity contribution in [2.24, 2.45) is 0 Å². The first-order chi connectivity index (χ1) is 19.5. The fourth-order valence-electron chi connectivity index (χ4n) is 4.89. The largest absolute Gasteiger partial charge is 0.378 e. The van der Waals surface area contributed by atoms with Crippen molar-refractivity contribution >= 4 is 50.0 Å². The first-order valence-electron chi connectivity index (χ1n) is 13.0. The van der Waals surface area contributed by atoms with Gasteiger partial charge in [-0.3, -0.25) is 9.52 Å². The van der Waals surface area contributed by atoms with Crippen LogP contribution in [-0.2, 0) is 19.6 Å². The van der Waals surface area contributed by atoms with Gasteiger partial charge in [-0.05, 0) is 60.2 Å². The maximum Gasteiger partial charge on any atom is 0.261 e. The lowest BCUT2D eigenvalue weighted by Crippen LogP contribution is -2.36. The molecule has 40 heavy (non-hydrogen) atoms. The summed E-state index contributed by atoms with van der Waals surface area (Å²) in [4.78, 5) is 15.7. The van der Waals surface area contributed by atoms with Crippen LogP contribution in [0.15, 0.2) is 108 Å². The number of sulfonamides is 1. The zero-order valence-electron chi connectivity index (χ0n) is 21.6. The number of hydrogen-bond acceptors (Lipinski definition) is 6. The van der Waals surface area contributed by atoms with Gasteiger partial charge in [-0.15, -0.1) is 0 Å². The second kappa shape index (κ2) is 10.9. The number of carbonyl (C=O) groups is 1. The molecule has 8 nitrogen and oxygen atoms in total. The Morgan fingerprint density at radius 1 is 0.800 bits per heavy atom. The minimum Gasteiger partial charge on any atom is -0.378 e. The molecule has 2 aliphatic rings. The smallest absolute Gasteiger partial charge is 0.261 e. The molecule has 3 N–H and O–H groups in total. The van der Waals surface area contributed by atoms with E-state index in [1.165, 1.54) is 6.07 Å². The van der Waals surface area contributed by atoms with E-state index in [9.17, 15) is 13.2 Å². The van der Waals surface area contributed by atoms with Crippen molar-refractivity contribution in [2.45, 2.75) is 4.90 Å². The van der Waals surface area contributed by atoms with Crippen LogP contribution >= 0.6 is 0 Å². The summed E-state index contributed by atoms with van der Waals surface area (Å²) in [5.41, 5.74) is 5.19. The average molecular weight is 553 g/mol. The fraction of sp³-hybridized carbons (Fsp3) is 0.129. The molecule has 0 aliphatic carbocycles. The number of benzene rings is 4. The molecule has 2 heterocycles. The molecule has 0 unspecified atom stereocenters. The van der Waals surface area contributed by atoms with Crippen LogP contribution in [0, 0.1) is 0 Å². The van der Waals surface area contributed by atoms with Gasteiger partial charge in [0.05, 0.1) is 29.4 Å². The number of nitrogens with zero attached hydrogens (tertiary/aromatic N) is 1. The molecule has 0 atom stereocenters. The van der Waals surface area contributed by atoms with Crippen molar-refractivity contribution in [3.63, 3.8) is 0 Å². The van der Waals surface area contributed by atoms with Crippen LogP contribution in [0.3, 0.4) is 0 Å². The van der Waals surface area contributed by atoms with Crippen molar-refractivity contribution in [1.29, 1.82) is 0 Å². The standard InChI is InChI=1S/C31H28N4O4S/c36-31-29(27-21-26(15-16-28(27)33-31)40(37,38)34-24-9-5-2-6-10-24)30(22-7-3-1-4-8-22)32-23-11-13-25(14-12-23)35-17-19-39-20-18-35/h1-16,21,32,34H,17-20H2,(H,33,36). The van der Waals surface area contributed by atoms with Gasteiger partial charge in [-0.1, -0.05) is 48.5 Å². The van der Waals surface area contributed by atoms with Crippen molar-refractivity contribution in [1.82, 2.24) is 0 Å².